The van der Waals surface area contributed by atoms with Crippen LogP contribution in [-0.2, 0) is 9.59 Å². The molecule has 7 heteroatoms. The minimum atomic E-state index is -0.754. The van der Waals surface area contributed by atoms with Gasteiger partial charge in [-0.2, -0.15) is 0 Å². The normalized spacial score (nSPS) is 20.6. The summed E-state index contributed by atoms with van der Waals surface area (Å²) in [7, 11) is 1.53. The third kappa shape index (κ3) is 4.67. The lowest BCUT2D eigenvalue weighted by Gasteiger charge is -2.44. The van der Waals surface area contributed by atoms with E-state index < -0.39 is 17.8 Å². The third-order valence-corrected chi connectivity index (χ3v) is 8.80. The number of ether oxygens (including phenoxy) is 1. The summed E-state index contributed by atoms with van der Waals surface area (Å²) in [5, 5.41) is 2.40. The smallest absolute Gasteiger partial charge is 0.335 e. The van der Waals surface area contributed by atoms with Crippen LogP contribution in [0, 0.1) is 0 Å². The number of rotatable bonds is 5. The topological polar surface area (TPSA) is 79.0 Å². The van der Waals surface area contributed by atoms with Gasteiger partial charge in [0.15, 0.2) is 0 Å². The number of methoxy groups -OCH3 is 1. The maximum atomic E-state index is 14.0. The number of urea groups is 1. The first-order valence-electron chi connectivity index (χ1n) is 14.6. The number of imide groups is 2. The summed E-state index contributed by atoms with van der Waals surface area (Å²) in [5.41, 5.74) is 6.68. The van der Waals surface area contributed by atoms with Gasteiger partial charge in [0, 0.05) is 36.2 Å². The lowest BCUT2D eigenvalue weighted by atomic mass is 9.76. The molecule has 1 N–H and O–H groups in total. The number of carbonyl (C=O) groups is 3. The van der Waals surface area contributed by atoms with Crippen LogP contribution in [0.3, 0.4) is 0 Å². The molecule has 0 aromatic heterocycles. The van der Waals surface area contributed by atoms with Crippen LogP contribution < -0.4 is 19.9 Å². The Kier molecular flexibility index (Phi) is 6.78. The Balaban J connectivity index is 1.40. The minimum Gasteiger partial charge on any atom is -0.496 e. The van der Waals surface area contributed by atoms with Crippen molar-refractivity contribution < 1.29 is 19.1 Å². The van der Waals surface area contributed by atoms with Crippen molar-refractivity contribution >= 4 is 35.3 Å². The van der Waals surface area contributed by atoms with Crippen LogP contribution in [0.1, 0.15) is 52.5 Å². The molecular formula is C36H31N3O4. The van der Waals surface area contributed by atoms with Gasteiger partial charge >= 0.3 is 6.03 Å². The molecule has 0 spiro atoms. The van der Waals surface area contributed by atoms with E-state index in [1.807, 2.05) is 54.6 Å². The highest BCUT2D eigenvalue weighted by Crippen LogP contribution is 2.50. The molecule has 7 nitrogen and oxygen atoms in total. The van der Waals surface area contributed by atoms with Gasteiger partial charge < -0.3 is 9.64 Å². The molecule has 4 aromatic carbocycles. The number of hydrogen-bond acceptors (Lipinski definition) is 5. The summed E-state index contributed by atoms with van der Waals surface area (Å²) < 4.78 is 5.43. The number of benzene rings is 4. The summed E-state index contributed by atoms with van der Waals surface area (Å²) >= 11 is 0. The molecule has 214 valence electrons. The molecule has 4 aromatic rings. The Morgan fingerprint density at radius 1 is 0.767 bits per heavy atom. The number of nitrogens with zero attached hydrogens (tertiary/aromatic N) is 2. The Hall–Kier alpha value is -5.17. The van der Waals surface area contributed by atoms with E-state index in [1.165, 1.54) is 30.0 Å². The monoisotopic (exact) mass is 569 g/mol. The van der Waals surface area contributed by atoms with Gasteiger partial charge in [0.2, 0.25) is 0 Å². The Labute approximate surface area is 250 Å². The van der Waals surface area contributed by atoms with E-state index in [0.717, 1.165) is 42.0 Å². The molecule has 3 aliphatic rings. The van der Waals surface area contributed by atoms with Crippen molar-refractivity contribution in [1.82, 2.24) is 5.32 Å². The van der Waals surface area contributed by atoms with Gasteiger partial charge in [0.05, 0.1) is 12.8 Å². The zero-order valence-corrected chi connectivity index (χ0v) is 23.8. The van der Waals surface area contributed by atoms with Crippen molar-refractivity contribution in [3.8, 4) is 5.75 Å². The molecule has 0 radical (unpaired) electrons. The highest BCUT2D eigenvalue weighted by Gasteiger charge is 2.40. The molecular weight excluding hydrogens is 538 g/mol. The molecule has 43 heavy (non-hydrogen) atoms. The molecule has 1 saturated heterocycles. The van der Waals surface area contributed by atoms with E-state index in [4.69, 9.17) is 4.74 Å². The quantitative estimate of drug-likeness (QED) is 0.227. The van der Waals surface area contributed by atoms with E-state index in [9.17, 15) is 14.4 Å². The molecule has 2 atom stereocenters. The summed E-state index contributed by atoms with van der Waals surface area (Å²) in [6.07, 6.45) is 3.33. The number of anilines is 2. The lowest BCUT2D eigenvalue weighted by molar-refractivity contribution is -0.122. The van der Waals surface area contributed by atoms with Gasteiger partial charge in [-0.05, 0) is 59.4 Å². The van der Waals surface area contributed by atoms with Crippen molar-refractivity contribution in [2.24, 2.45) is 0 Å². The van der Waals surface area contributed by atoms with E-state index in [0.29, 0.717) is 17.0 Å². The Morgan fingerprint density at radius 3 is 1.91 bits per heavy atom. The second-order valence-electron chi connectivity index (χ2n) is 11.2. The van der Waals surface area contributed by atoms with Gasteiger partial charge in [-0.3, -0.25) is 14.9 Å². The maximum Gasteiger partial charge on any atom is 0.335 e. The first kappa shape index (κ1) is 26.7. The SMILES string of the molecule is COc1ccccc1/C=C1\C(=O)NC(=O)N(c2cc3c4c(c2)[C@H](c2ccccc2)CCN4CC[C@H]3c2ccccc2)C1=O. The van der Waals surface area contributed by atoms with Crippen LogP contribution in [0.2, 0.25) is 0 Å². The van der Waals surface area contributed by atoms with E-state index >= 15 is 0 Å². The van der Waals surface area contributed by atoms with E-state index in [-0.39, 0.29) is 17.4 Å². The molecule has 4 amide bonds. The lowest BCUT2D eigenvalue weighted by Crippen LogP contribution is -2.54. The first-order chi connectivity index (χ1) is 21.0. The average molecular weight is 570 g/mol. The second-order valence-corrected chi connectivity index (χ2v) is 11.2. The fourth-order valence-corrected chi connectivity index (χ4v) is 6.80. The molecule has 3 aliphatic heterocycles. The molecule has 0 aliphatic carbocycles. The molecule has 7 rings (SSSR count). The minimum absolute atomic E-state index is 0.105. The van der Waals surface area contributed by atoms with Gasteiger partial charge in [-0.25, -0.2) is 9.69 Å². The standard InChI is InChI=1S/C36H31N3O4/c1-43-32-15-9-8-14-25(32)20-31-34(40)37-36(42)39(35(31)41)26-21-29-27(23-10-4-2-5-11-23)16-18-38-19-17-28(30(22-26)33(29)38)24-12-6-3-7-13-24/h2-15,20-22,27-28H,16-19H2,1H3,(H,37,40,42)/b31-20+/t27-,28-/m0/s1. The number of para-hydroxylation sites is 1. The predicted octanol–water partition coefficient (Wildman–Crippen LogP) is 6.24. The fraction of sp³-hybridized carbons (Fsp3) is 0.194. The van der Waals surface area contributed by atoms with E-state index in [1.54, 1.807) is 18.2 Å². The predicted molar refractivity (Wildman–Crippen MR) is 166 cm³/mol. The molecule has 3 heterocycles. The summed E-state index contributed by atoms with van der Waals surface area (Å²) in [6, 6.07) is 31.1. The van der Waals surface area contributed by atoms with Crippen molar-refractivity contribution in [3.05, 3.63) is 130 Å². The summed E-state index contributed by atoms with van der Waals surface area (Å²) in [5.74, 6) is -0.661. The number of hydrogen-bond donors (Lipinski definition) is 1. The van der Waals surface area contributed by atoms with Gasteiger partial charge in [0.1, 0.15) is 11.3 Å². The highest BCUT2D eigenvalue weighted by atomic mass is 16.5. The Bertz CT molecular complexity index is 1690. The molecule has 0 unspecified atom stereocenters. The van der Waals surface area contributed by atoms with Crippen LogP contribution in [-0.4, -0.2) is 38.0 Å². The number of nitrogens with one attached hydrogen (secondary N) is 1. The van der Waals surface area contributed by atoms with Crippen LogP contribution in [0.5, 0.6) is 5.75 Å². The number of amides is 4. The van der Waals surface area contributed by atoms with Crippen molar-refractivity contribution in [3.63, 3.8) is 0 Å². The first-order valence-corrected chi connectivity index (χ1v) is 14.6. The van der Waals surface area contributed by atoms with Crippen LogP contribution in [0.25, 0.3) is 6.08 Å². The number of barbiturate groups is 1. The fourth-order valence-electron chi connectivity index (χ4n) is 6.80. The largest absolute Gasteiger partial charge is 0.496 e. The highest BCUT2D eigenvalue weighted by molar-refractivity contribution is 6.39. The second kappa shape index (κ2) is 10.9. The van der Waals surface area contributed by atoms with E-state index in [2.05, 4.69) is 34.5 Å². The average Bonchev–Trinajstić information content (AvgIpc) is 3.04. The molecule has 0 saturated carbocycles. The van der Waals surface area contributed by atoms with Crippen molar-refractivity contribution in [2.75, 3.05) is 30.0 Å². The van der Waals surface area contributed by atoms with Crippen LogP contribution in [0.15, 0.2) is 103 Å². The van der Waals surface area contributed by atoms with Crippen molar-refractivity contribution in [1.29, 1.82) is 0 Å². The van der Waals surface area contributed by atoms with Crippen molar-refractivity contribution in [2.45, 2.75) is 24.7 Å². The van der Waals surface area contributed by atoms with Gasteiger partial charge in [0.25, 0.3) is 11.8 Å². The van der Waals surface area contributed by atoms with Crippen LogP contribution in [0.4, 0.5) is 16.2 Å². The molecule has 0 bridgehead atoms. The van der Waals surface area contributed by atoms with Crippen LogP contribution >= 0.6 is 0 Å². The van der Waals surface area contributed by atoms with Gasteiger partial charge in [-0.15, -0.1) is 0 Å². The maximum absolute atomic E-state index is 14.0. The number of carbonyl (C=O) groups excluding carboxylic acids is 3. The summed E-state index contributed by atoms with van der Waals surface area (Å²) in [4.78, 5) is 44.0. The third-order valence-electron chi connectivity index (χ3n) is 8.80. The zero-order chi connectivity index (χ0) is 29.5. The molecule has 1 fully saturated rings. The van der Waals surface area contributed by atoms with Gasteiger partial charge in [-0.1, -0.05) is 78.9 Å². The zero-order valence-electron chi connectivity index (χ0n) is 23.8. The Morgan fingerprint density at radius 2 is 1.33 bits per heavy atom. The summed E-state index contributed by atoms with van der Waals surface area (Å²) in [6.45, 7) is 1.87.